The standard InChI is InChI=1S/C18H28N2O2S2/c1-13-11-14(2)15(12-13)17(21)22-10-6-4-3-5-8-20-9-7-16(23)19-18(20)24/h7,9,13-15H,3-6,8,10-12H2,1-2H3,(H,19,23,24). The number of nitrogens with one attached hydrogen (secondary N) is 1. The van der Waals surface area contributed by atoms with Gasteiger partial charge in [-0.15, -0.1) is 0 Å². The van der Waals surface area contributed by atoms with Crippen LogP contribution in [0.4, 0.5) is 0 Å². The van der Waals surface area contributed by atoms with Crippen LogP contribution in [0.5, 0.6) is 0 Å². The van der Waals surface area contributed by atoms with E-state index in [4.69, 9.17) is 29.2 Å². The molecule has 0 spiro atoms. The number of esters is 1. The van der Waals surface area contributed by atoms with Gasteiger partial charge in [0.2, 0.25) is 0 Å². The number of rotatable bonds is 8. The number of aryl methyl sites for hydroxylation is 1. The zero-order valence-electron chi connectivity index (χ0n) is 14.6. The number of ether oxygens (including phenoxy) is 1. The number of hydrogen-bond donors (Lipinski definition) is 1. The van der Waals surface area contributed by atoms with Crippen molar-refractivity contribution in [2.75, 3.05) is 6.61 Å². The van der Waals surface area contributed by atoms with Gasteiger partial charge in [-0.2, -0.15) is 0 Å². The number of aromatic nitrogens is 2. The summed E-state index contributed by atoms with van der Waals surface area (Å²) < 4.78 is 8.82. The van der Waals surface area contributed by atoms with Crippen LogP contribution in [0.3, 0.4) is 0 Å². The van der Waals surface area contributed by atoms with Crippen molar-refractivity contribution in [1.29, 1.82) is 0 Å². The van der Waals surface area contributed by atoms with Gasteiger partial charge in [0.25, 0.3) is 0 Å². The monoisotopic (exact) mass is 368 g/mol. The van der Waals surface area contributed by atoms with Crippen molar-refractivity contribution < 1.29 is 9.53 Å². The van der Waals surface area contributed by atoms with Crippen molar-refractivity contribution in [1.82, 2.24) is 9.55 Å². The number of nitrogens with zero attached hydrogens (tertiary/aromatic N) is 1. The number of unbranched alkanes of at least 4 members (excludes halogenated alkanes) is 3. The number of carbonyl (C=O) groups is 1. The fourth-order valence-corrected chi connectivity index (χ4v) is 4.01. The van der Waals surface area contributed by atoms with Gasteiger partial charge < -0.3 is 14.3 Å². The van der Waals surface area contributed by atoms with E-state index < -0.39 is 0 Å². The van der Waals surface area contributed by atoms with E-state index in [0.717, 1.165) is 45.1 Å². The SMILES string of the molecule is CC1CC(C)C(C(=O)OCCCCCCn2ccc(=S)[nH]c2=S)C1. The fraction of sp³-hybridized carbons (Fsp3) is 0.722. The van der Waals surface area contributed by atoms with Crippen LogP contribution in [0.15, 0.2) is 12.3 Å². The smallest absolute Gasteiger partial charge is 0.309 e. The first-order chi connectivity index (χ1) is 11.5. The van der Waals surface area contributed by atoms with E-state index >= 15 is 0 Å². The second-order valence-corrected chi connectivity index (χ2v) is 7.87. The first kappa shape index (κ1) is 19.3. The number of aromatic amines is 1. The lowest BCUT2D eigenvalue weighted by molar-refractivity contribution is -0.149. The van der Waals surface area contributed by atoms with Gasteiger partial charge in [0.15, 0.2) is 4.77 Å². The molecule has 4 nitrogen and oxygen atoms in total. The zero-order chi connectivity index (χ0) is 17.5. The van der Waals surface area contributed by atoms with Crippen molar-refractivity contribution in [2.24, 2.45) is 17.8 Å². The van der Waals surface area contributed by atoms with Gasteiger partial charge >= 0.3 is 5.97 Å². The minimum Gasteiger partial charge on any atom is -0.465 e. The molecule has 3 unspecified atom stereocenters. The normalized spacial score (nSPS) is 23.3. The molecule has 1 fully saturated rings. The summed E-state index contributed by atoms with van der Waals surface area (Å²) in [6.45, 7) is 5.82. The molecule has 1 aromatic heterocycles. The predicted octanol–water partition coefficient (Wildman–Crippen LogP) is 5.06. The first-order valence-corrected chi connectivity index (χ1v) is 9.75. The van der Waals surface area contributed by atoms with E-state index in [-0.39, 0.29) is 11.9 Å². The average molecular weight is 369 g/mol. The second kappa shape index (κ2) is 9.47. The van der Waals surface area contributed by atoms with Crippen molar-refractivity contribution >= 4 is 30.4 Å². The maximum Gasteiger partial charge on any atom is 0.309 e. The van der Waals surface area contributed by atoms with E-state index in [9.17, 15) is 4.79 Å². The lowest BCUT2D eigenvalue weighted by atomic mass is 9.99. The first-order valence-electron chi connectivity index (χ1n) is 8.93. The molecule has 24 heavy (non-hydrogen) atoms. The fourth-order valence-electron chi connectivity index (χ4n) is 3.53. The highest BCUT2D eigenvalue weighted by atomic mass is 32.1. The molecular weight excluding hydrogens is 340 g/mol. The van der Waals surface area contributed by atoms with Crippen LogP contribution in [0.2, 0.25) is 0 Å². The Morgan fingerprint density at radius 3 is 2.67 bits per heavy atom. The lowest BCUT2D eigenvalue weighted by Crippen LogP contribution is -2.20. The van der Waals surface area contributed by atoms with Crippen molar-refractivity contribution in [3.05, 3.63) is 21.7 Å². The van der Waals surface area contributed by atoms with E-state index in [1.54, 1.807) is 0 Å². The van der Waals surface area contributed by atoms with Gasteiger partial charge in [0, 0.05) is 12.7 Å². The summed E-state index contributed by atoms with van der Waals surface area (Å²) in [5, 5.41) is 0. The quantitative estimate of drug-likeness (QED) is 0.396. The summed E-state index contributed by atoms with van der Waals surface area (Å²) >= 11 is 10.3. The van der Waals surface area contributed by atoms with Crippen LogP contribution in [-0.4, -0.2) is 22.1 Å². The molecule has 0 aromatic carbocycles. The summed E-state index contributed by atoms with van der Waals surface area (Å²) in [4.78, 5) is 15.1. The Morgan fingerprint density at radius 2 is 2.00 bits per heavy atom. The minimum atomic E-state index is 0.0118. The van der Waals surface area contributed by atoms with Gasteiger partial charge in [0.05, 0.1) is 12.5 Å². The molecule has 0 aliphatic heterocycles. The van der Waals surface area contributed by atoms with Crippen LogP contribution >= 0.6 is 24.4 Å². The molecule has 0 amide bonds. The molecule has 134 valence electrons. The molecule has 6 heteroatoms. The van der Waals surface area contributed by atoms with Crippen LogP contribution in [0.1, 0.15) is 52.4 Å². The molecule has 1 N–H and O–H groups in total. The molecule has 1 saturated carbocycles. The maximum atomic E-state index is 12.1. The number of carbonyl (C=O) groups excluding carboxylic acids is 1. The van der Waals surface area contributed by atoms with Crippen molar-refractivity contribution in [2.45, 2.75) is 58.9 Å². The van der Waals surface area contributed by atoms with Crippen molar-refractivity contribution in [3.63, 3.8) is 0 Å². The predicted molar refractivity (Wildman–Crippen MR) is 101 cm³/mol. The molecule has 1 heterocycles. The molecule has 2 rings (SSSR count). The number of hydrogen-bond acceptors (Lipinski definition) is 4. The number of H-pyrrole nitrogens is 1. The summed E-state index contributed by atoms with van der Waals surface area (Å²) in [5.41, 5.74) is 0. The Balaban J connectivity index is 1.56. The Hall–Kier alpha value is -1.01. The van der Waals surface area contributed by atoms with Gasteiger partial charge in [-0.25, -0.2) is 0 Å². The third-order valence-corrected chi connectivity index (χ3v) is 5.43. The van der Waals surface area contributed by atoms with E-state index in [0.29, 0.717) is 27.9 Å². The van der Waals surface area contributed by atoms with E-state index in [1.165, 1.54) is 0 Å². The molecule has 3 atom stereocenters. The topological polar surface area (TPSA) is 47.0 Å². The van der Waals surface area contributed by atoms with Gasteiger partial charge in [-0.1, -0.05) is 32.5 Å². The van der Waals surface area contributed by atoms with Crippen LogP contribution < -0.4 is 0 Å². The molecule has 0 saturated heterocycles. The largest absolute Gasteiger partial charge is 0.465 e. The minimum absolute atomic E-state index is 0.0118. The average Bonchev–Trinajstić information content (AvgIpc) is 2.86. The van der Waals surface area contributed by atoms with Crippen LogP contribution in [-0.2, 0) is 16.1 Å². The lowest BCUT2D eigenvalue weighted by Gasteiger charge is -2.14. The third-order valence-electron chi connectivity index (χ3n) is 4.85. The molecule has 0 bridgehead atoms. The summed E-state index contributed by atoms with van der Waals surface area (Å²) in [5.74, 6) is 1.25. The Kier molecular flexibility index (Phi) is 7.62. The highest BCUT2D eigenvalue weighted by Gasteiger charge is 2.34. The molecule has 1 aromatic rings. The van der Waals surface area contributed by atoms with Gasteiger partial charge in [0.1, 0.15) is 4.64 Å². The highest BCUT2D eigenvalue weighted by molar-refractivity contribution is 7.72. The molecule has 0 radical (unpaired) electrons. The summed E-state index contributed by atoms with van der Waals surface area (Å²) in [6.07, 6.45) is 8.24. The van der Waals surface area contributed by atoms with E-state index in [2.05, 4.69) is 18.8 Å². The van der Waals surface area contributed by atoms with Crippen LogP contribution in [0, 0.1) is 27.2 Å². The van der Waals surface area contributed by atoms with E-state index in [1.807, 2.05) is 16.8 Å². The Labute approximate surface area is 154 Å². The molecule has 1 aliphatic rings. The molecule has 1 aliphatic carbocycles. The Bertz CT molecular complexity index is 653. The van der Waals surface area contributed by atoms with Crippen molar-refractivity contribution in [3.8, 4) is 0 Å². The summed E-state index contributed by atoms with van der Waals surface area (Å²) in [7, 11) is 0. The van der Waals surface area contributed by atoms with Gasteiger partial charge in [-0.3, -0.25) is 4.79 Å². The zero-order valence-corrected chi connectivity index (χ0v) is 16.3. The third kappa shape index (κ3) is 5.81. The maximum absolute atomic E-state index is 12.1. The second-order valence-electron chi connectivity index (χ2n) is 7.05. The van der Waals surface area contributed by atoms with Crippen LogP contribution in [0.25, 0.3) is 0 Å². The van der Waals surface area contributed by atoms with Gasteiger partial charge in [-0.05, 0) is 62.2 Å². The summed E-state index contributed by atoms with van der Waals surface area (Å²) in [6, 6.07) is 1.86. The molecular formula is C18H28N2O2S2. The Morgan fingerprint density at radius 1 is 1.25 bits per heavy atom. The highest BCUT2D eigenvalue weighted by Crippen LogP contribution is 2.36.